The van der Waals surface area contributed by atoms with Gasteiger partial charge in [0.1, 0.15) is 0 Å². The zero-order valence-electron chi connectivity index (χ0n) is 10.7. The minimum Gasteiger partial charge on any atom is -0.302 e. The Morgan fingerprint density at radius 2 is 2.26 bits per heavy atom. The number of carbonyl (C=O) groups excluding carboxylic acids is 1. The predicted octanol–water partition coefficient (Wildman–Crippen LogP) is 1.12. The van der Waals surface area contributed by atoms with Gasteiger partial charge in [0.05, 0.1) is 5.69 Å². The fourth-order valence-corrected chi connectivity index (χ4v) is 2.20. The Balaban J connectivity index is 1.89. The second kappa shape index (κ2) is 5.75. The summed E-state index contributed by atoms with van der Waals surface area (Å²) in [4.78, 5) is 28.0. The van der Waals surface area contributed by atoms with Crippen LogP contribution in [-0.2, 0) is 18.3 Å². The van der Waals surface area contributed by atoms with E-state index in [9.17, 15) is 9.59 Å². The van der Waals surface area contributed by atoms with Crippen molar-refractivity contribution in [1.82, 2.24) is 14.8 Å². The number of carbonyl (C=O) groups is 1. The number of anilines is 1. The van der Waals surface area contributed by atoms with Crippen LogP contribution in [0, 0.1) is 6.92 Å². The monoisotopic (exact) mass is 278 g/mol. The van der Waals surface area contributed by atoms with E-state index in [1.807, 2.05) is 6.92 Å². The van der Waals surface area contributed by atoms with E-state index in [1.165, 1.54) is 22.1 Å². The van der Waals surface area contributed by atoms with Crippen LogP contribution in [0.2, 0.25) is 0 Å². The molecular weight excluding hydrogens is 264 g/mol. The van der Waals surface area contributed by atoms with E-state index in [0.717, 1.165) is 4.88 Å². The van der Waals surface area contributed by atoms with Gasteiger partial charge in [-0.1, -0.05) is 0 Å². The summed E-state index contributed by atoms with van der Waals surface area (Å²) in [5.74, 6) is -0.106. The number of thiazole rings is 1. The van der Waals surface area contributed by atoms with Crippen molar-refractivity contribution in [3.63, 3.8) is 0 Å². The highest BCUT2D eigenvalue weighted by atomic mass is 32.1. The first-order valence-electron chi connectivity index (χ1n) is 5.80. The fourth-order valence-electron chi connectivity index (χ4n) is 1.52. The molecule has 0 unspecified atom stereocenters. The lowest BCUT2D eigenvalue weighted by Gasteiger charge is -2.03. The highest BCUT2D eigenvalue weighted by molar-refractivity contribution is 7.15. The van der Waals surface area contributed by atoms with Gasteiger partial charge in [-0.05, 0) is 13.0 Å². The Bertz CT molecular complexity index is 647. The highest BCUT2D eigenvalue weighted by Crippen LogP contribution is 2.16. The molecule has 2 aromatic heterocycles. The van der Waals surface area contributed by atoms with Gasteiger partial charge in [-0.3, -0.25) is 9.59 Å². The average Bonchev–Trinajstić information content (AvgIpc) is 2.76. The summed E-state index contributed by atoms with van der Waals surface area (Å²) in [5.41, 5.74) is 0.555. The van der Waals surface area contributed by atoms with Crippen molar-refractivity contribution in [2.45, 2.75) is 19.8 Å². The van der Waals surface area contributed by atoms with Crippen LogP contribution in [0.15, 0.2) is 23.1 Å². The Morgan fingerprint density at radius 1 is 1.47 bits per heavy atom. The van der Waals surface area contributed by atoms with E-state index < -0.39 is 0 Å². The molecule has 0 aromatic carbocycles. The molecule has 0 aliphatic rings. The first-order chi connectivity index (χ1) is 9.04. The molecule has 2 heterocycles. The van der Waals surface area contributed by atoms with Gasteiger partial charge in [0.2, 0.25) is 5.91 Å². The molecule has 0 aliphatic carbocycles. The van der Waals surface area contributed by atoms with Crippen LogP contribution in [0.25, 0.3) is 0 Å². The van der Waals surface area contributed by atoms with Gasteiger partial charge in [0.15, 0.2) is 5.13 Å². The van der Waals surface area contributed by atoms with Crippen LogP contribution in [0.5, 0.6) is 0 Å². The van der Waals surface area contributed by atoms with E-state index in [1.54, 1.807) is 19.3 Å². The fraction of sp³-hybridized carbons (Fsp3) is 0.333. The van der Waals surface area contributed by atoms with Crippen LogP contribution in [0.3, 0.4) is 0 Å². The molecule has 0 saturated carbocycles. The summed E-state index contributed by atoms with van der Waals surface area (Å²) in [5, 5.41) is 7.41. The van der Waals surface area contributed by atoms with Crippen LogP contribution in [-0.4, -0.2) is 20.7 Å². The number of amides is 1. The lowest BCUT2D eigenvalue weighted by molar-refractivity contribution is -0.116. The Labute approximate surface area is 114 Å². The van der Waals surface area contributed by atoms with Gasteiger partial charge in [-0.15, -0.1) is 11.3 Å². The summed E-state index contributed by atoms with van der Waals surface area (Å²) in [6.45, 7) is 1.93. The molecule has 1 N–H and O–H groups in total. The van der Waals surface area contributed by atoms with Crippen LogP contribution in [0.4, 0.5) is 5.13 Å². The number of hydrogen-bond acceptors (Lipinski definition) is 5. The molecule has 19 heavy (non-hydrogen) atoms. The SMILES string of the molecule is Cc1cnc(NC(=O)CCc2ccc(=O)n(C)n2)s1. The van der Waals surface area contributed by atoms with Crippen molar-refractivity contribution in [3.8, 4) is 0 Å². The number of aromatic nitrogens is 3. The molecule has 0 atom stereocenters. The number of hydrogen-bond donors (Lipinski definition) is 1. The summed E-state index contributed by atoms with van der Waals surface area (Å²) in [6, 6.07) is 3.09. The van der Waals surface area contributed by atoms with Gasteiger partial charge < -0.3 is 5.32 Å². The van der Waals surface area contributed by atoms with Gasteiger partial charge >= 0.3 is 0 Å². The molecule has 2 rings (SSSR count). The molecule has 100 valence electrons. The highest BCUT2D eigenvalue weighted by Gasteiger charge is 2.06. The van der Waals surface area contributed by atoms with Gasteiger partial charge in [-0.25, -0.2) is 9.67 Å². The second-order valence-electron chi connectivity index (χ2n) is 4.11. The van der Waals surface area contributed by atoms with Gasteiger partial charge in [0.25, 0.3) is 5.56 Å². The van der Waals surface area contributed by atoms with Crippen molar-refractivity contribution in [3.05, 3.63) is 39.3 Å². The van der Waals surface area contributed by atoms with Crippen molar-refractivity contribution in [1.29, 1.82) is 0 Å². The predicted molar refractivity (Wildman–Crippen MR) is 73.3 cm³/mol. The zero-order chi connectivity index (χ0) is 13.8. The summed E-state index contributed by atoms with van der Waals surface area (Å²) in [6.07, 6.45) is 2.52. The Morgan fingerprint density at radius 3 is 2.89 bits per heavy atom. The molecule has 0 fully saturated rings. The quantitative estimate of drug-likeness (QED) is 0.909. The molecule has 1 amide bonds. The lowest BCUT2D eigenvalue weighted by Crippen LogP contribution is -2.20. The number of nitrogens with one attached hydrogen (secondary N) is 1. The number of aryl methyl sites for hydroxylation is 3. The maximum Gasteiger partial charge on any atom is 0.266 e. The lowest BCUT2D eigenvalue weighted by atomic mass is 10.2. The van der Waals surface area contributed by atoms with E-state index in [2.05, 4.69) is 15.4 Å². The molecule has 7 heteroatoms. The summed E-state index contributed by atoms with van der Waals surface area (Å²) >= 11 is 1.44. The summed E-state index contributed by atoms with van der Waals surface area (Å²) < 4.78 is 1.26. The third-order valence-electron chi connectivity index (χ3n) is 2.49. The molecule has 2 aromatic rings. The molecule has 0 aliphatic heterocycles. The first kappa shape index (κ1) is 13.4. The topological polar surface area (TPSA) is 76.9 Å². The van der Waals surface area contributed by atoms with E-state index >= 15 is 0 Å². The minimum atomic E-state index is -0.161. The van der Waals surface area contributed by atoms with Crippen LogP contribution < -0.4 is 10.9 Å². The Kier molecular flexibility index (Phi) is 4.06. The maximum atomic E-state index is 11.7. The third-order valence-corrected chi connectivity index (χ3v) is 3.32. The van der Waals surface area contributed by atoms with Gasteiger partial charge in [-0.2, -0.15) is 5.10 Å². The van der Waals surface area contributed by atoms with Gasteiger partial charge in [0, 0.05) is 37.0 Å². The Hall–Kier alpha value is -2.02. The number of rotatable bonds is 4. The summed E-state index contributed by atoms with van der Waals surface area (Å²) in [7, 11) is 1.59. The average molecular weight is 278 g/mol. The van der Waals surface area contributed by atoms with E-state index in [4.69, 9.17) is 0 Å². The zero-order valence-corrected chi connectivity index (χ0v) is 11.5. The molecule has 0 saturated heterocycles. The van der Waals surface area contributed by atoms with Crippen molar-refractivity contribution < 1.29 is 4.79 Å². The first-order valence-corrected chi connectivity index (χ1v) is 6.62. The molecule has 0 spiro atoms. The number of nitrogens with zero attached hydrogens (tertiary/aromatic N) is 3. The van der Waals surface area contributed by atoms with Crippen molar-refractivity contribution in [2.24, 2.45) is 7.05 Å². The minimum absolute atomic E-state index is 0.106. The molecular formula is C12H14N4O2S. The van der Waals surface area contributed by atoms with E-state index in [0.29, 0.717) is 23.7 Å². The normalized spacial score (nSPS) is 10.4. The van der Waals surface area contributed by atoms with Crippen molar-refractivity contribution in [2.75, 3.05) is 5.32 Å². The standard InChI is InChI=1S/C12H14N4O2S/c1-8-7-13-12(19-8)14-10(17)5-3-9-4-6-11(18)16(2)15-9/h4,6-7H,3,5H2,1-2H3,(H,13,14,17). The second-order valence-corrected chi connectivity index (χ2v) is 5.35. The third kappa shape index (κ3) is 3.72. The van der Waals surface area contributed by atoms with Crippen molar-refractivity contribution >= 4 is 22.4 Å². The maximum absolute atomic E-state index is 11.7. The smallest absolute Gasteiger partial charge is 0.266 e. The van der Waals surface area contributed by atoms with Crippen LogP contribution >= 0.6 is 11.3 Å². The molecule has 0 radical (unpaired) electrons. The van der Waals surface area contributed by atoms with E-state index in [-0.39, 0.29) is 11.5 Å². The molecule has 6 nitrogen and oxygen atoms in total. The largest absolute Gasteiger partial charge is 0.302 e. The van der Waals surface area contributed by atoms with Crippen LogP contribution in [0.1, 0.15) is 17.0 Å². The molecule has 0 bridgehead atoms.